The van der Waals surface area contributed by atoms with Crippen LogP contribution in [0.1, 0.15) is 75.1 Å². The van der Waals surface area contributed by atoms with E-state index in [1.165, 1.54) is 30.3 Å². The van der Waals surface area contributed by atoms with E-state index in [1.54, 1.807) is 32.9 Å². The van der Waals surface area contributed by atoms with Crippen molar-refractivity contribution in [2.24, 2.45) is 5.92 Å². The first kappa shape index (κ1) is 30.8. The Morgan fingerprint density at radius 3 is 2.42 bits per heavy atom. The molecule has 1 saturated heterocycles. The Balaban J connectivity index is 1.49. The minimum atomic E-state index is -4.87. The highest BCUT2D eigenvalue weighted by molar-refractivity contribution is 5.75. The van der Waals surface area contributed by atoms with Crippen molar-refractivity contribution in [1.29, 1.82) is 0 Å². The number of esters is 1. The smallest absolute Gasteiger partial charge is 0.489 e. The van der Waals surface area contributed by atoms with Crippen molar-refractivity contribution >= 4 is 5.97 Å². The van der Waals surface area contributed by atoms with E-state index in [-0.39, 0.29) is 18.3 Å². The summed E-state index contributed by atoms with van der Waals surface area (Å²) >= 11 is 0. The van der Waals surface area contributed by atoms with E-state index in [4.69, 9.17) is 14.3 Å². The van der Waals surface area contributed by atoms with Gasteiger partial charge in [-0.25, -0.2) is 4.39 Å². The number of carbonyl (C=O) groups excluding carboxylic acids is 1. The van der Waals surface area contributed by atoms with Crippen molar-refractivity contribution in [2.45, 2.75) is 82.6 Å². The topological polar surface area (TPSA) is 66.0 Å². The predicted molar refractivity (Wildman–Crippen MR) is 151 cm³/mol. The molecule has 4 atom stereocenters. The molecule has 6 nitrogen and oxygen atoms in total. The molecule has 1 N–H and O–H groups in total. The van der Waals surface area contributed by atoms with Gasteiger partial charge in [0.25, 0.3) is 0 Å². The summed E-state index contributed by atoms with van der Waals surface area (Å²) in [7, 11) is 0. The number of halogens is 4. The van der Waals surface area contributed by atoms with E-state index in [9.17, 15) is 22.4 Å². The quantitative estimate of drug-likeness (QED) is 0.219. The van der Waals surface area contributed by atoms with Gasteiger partial charge in [0.05, 0.1) is 17.6 Å². The maximum Gasteiger partial charge on any atom is 0.573 e. The van der Waals surface area contributed by atoms with Gasteiger partial charge in [0, 0.05) is 17.9 Å². The summed E-state index contributed by atoms with van der Waals surface area (Å²) in [5, 5.41) is 0. The Bertz CT molecular complexity index is 1410. The molecule has 1 unspecified atom stereocenters. The fourth-order valence-corrected chi connectivity index (χ4v) is 6.14. The first-order valence-electron chi connectivity index (χ1n) is 14.3. The highest BCUT2D eigenvalue weighted by Crippen LogP contribution is 2.54. The number of carbonyl (C=O) groups is 1. The van der Waals surface area contributed by atoms with Crippen molar-refractivity contribution in [1.82, 2.24) is 5.48 Å². The first-order valence-corrected chi connectivity index (χ1v) is 14.3. The van der Waals surface area contributed by atoms with Gasteiger partial charge in [0.15, 0.2) is 0 Å². The molecule has 5 rings (SSSR count). The van der Waals surface area contributed by atoms with Crippen molar-refractivity contribution in [3.63, 3.8) is 0 Å². The van der Waals surface area contributed by atoms with Crippen LogP contribution in [-0.4, -0.2) is 23.5 Å². The van der Waals surface area contributed by atoms with Crippen LogP contribution < -0.4 is 15.0 Å². The highest BCUT2D eigenvalue weighted by atomic mass is 19.4. The molecule has 3 aromatic rings. The molecule has 2 aliphatic rings. The van der Waals surface area contributed by atoms with Gasteiger partial charge in [-0.05, 0) is 81.5 Å². The molecule has 10 heteroatoms. The molecule has 230 valence electrons. The van der Waals surface area contributed by atoms with Crippen LogP contribution in [0.15, 0.2) is 72.8 Å². The number of hydroxylamine groups is 1. The average molecular weight is 602 g/mol. The second-order valence-corrected chi connectivity index (χ2v) is 12.1. The maximum atomic E-state index is 13.9. The Morgan fingerprint density at radius 1 is 1.02 bits per heavy atom. The molecular formula is C33H35F4NO5. The molecule has 0 aromatic heterocycles. The molecular weight excluding hydrogens is 566 g/mol. The zero-order valence-corrected chi connectivity index (χ0v) is 24.2. The summed E-state index contributed by atoms with van der Waals surface area (Å²) in [6.07, 6.45) is -2.79. The van der Waals surface area contributed by atoms with Gasteiger partial charge < -0.3 is 14.2 Å². The lowest BCUT2D eigenvalue weighted by atomic mass is 9.64. The minimum Gasteiger partial charge on any atom is -0.489 e. The molecule has 1 heterocycles. The van der Waals surface area contributed by atoms with Gasteiger partial charge in [0.2, 0.25) is 0 Å². The third-order valence-corrected chi connectivity index (χ3v) is 7.80. The summed E-state index contributed by atoms with van der Waals surface area (Å²) in [6, 6.07) is 18.7. The van der Waals surface area contributed by atoms with E-state index in [1.807, 2.05) is 30.3 Å². The summed E-state index contributed by atoms with van der Waals surface area (Å²) in [6.45, 7) is 5.60. The molecule has 1 saturated carbocycles. The second kappa shape index (κ2) is 12.2. The monoisotopic (exact) mass is 601 g/mol. The summed E-state index contributed by atoms with van der Waals surface area (Å²) < 4.78 is 69.5. The van der Waals surface area contributed by atoms with E-state index >= 15 is 0 Å². The van der Waals surface area contributed by atoms with Crippen molar-refractivity contribution in [2.75, 3.05) is 0 Å². The fraction of sp³-hybridized carbons (Fsp3) is 0.424. The molecule has 3 aromatic carbocycles. The second-order valence-electron chi connectivity index (χ2n) is 12.1. The SMILES string of the molecule is CC(C)(C)OC(=O)C1CCC[C@@]2(C[C@H](c3cc(OC(F)(F)F)ccc3OCc3ccccc3)NO2)[C@@H]1c1ccc(F)cc1. The first-order chi connectivity index (χ1) is 20.3. The number of rotatable bonds is 7. The van der Waals surface area contributed by atoms with Crippen LogP contribution in [0.25, 0.3) is 0 Å². The maximum absolute atomic E-state index is 13.9. The van der Waals surface area contributed by atoms with Gasteiger partial charge >= 0.3 is 12.3 Å². The van der Waals surface area contributed by atoms with Crippen LogP contribution in [0.3, 0.4) is 0 Å². The molecule has 43 heavy (non-hydrogen) atoms. The molecule has 0 bridgehead atoms. The van der Waals surface area contributed by atoms with Crippen LogP contribution in [-0.2, 0) is 21.0 Å². The molecule has 1 aliphatic carbocycles. The lowest BCUT2D eigenvalue weighted by Gasteiger charge is -2.44. The number of hydrogen-bond acceptors (Lipinski definition) is 6. The van der Waals surface area contributed by atoms with E-state index < -0.39 is 41.3 Å². The number of alkyl halides is 3. The van der Waals surface area contributed by atoms with Crippen LogP contribution in [0.5, 0.6) is 11.5 Å². The highest BCUT2D eigenvalue weighted by Gasteiger charge is 2.55. The van der Waals surface area contributed by atoms with Gasteiger partial charge in [0.1, 0.15) is 29.5 Å². The number of nitrogens with one attached hydrogen (secondary N) is 1. The van der Waals surface area contributed by atoms with Crippen LogP contribution in [0.4, 0.5) is 17.6 Å². The Morgan fingerprint density at radius 2 is 1.74 bits per heavy atom. The van der Waals surface area contributed by atoms with E-state index in [2.05, 4.69) is 10.2 Å². The van der Waals surface area contributed by atoms with Gasteiger partial charge in [-0.1, -0.05) is 42.5 Å². The van der Waals surface area contributed by atoms with Gasteiger partial charge in [-0.3, -0.25) is 9.63 Å². The number of ether oxygens (including phenoxy) is 3. The normalized spacial score (nSPS) is 24.1. The van der Waals surface area contributed by atoms with Crippen LogP contribution in [0.2, 0.25) is 0 Å². The summed E-state index contributed by atoms with van der Waals surface area (Å²) in [5.41, 5.74) is 3.42. The van der Waals surface area contributed by atoms with Crippen LogP contribution in [0, 0.1) is 11.7 Å². The molecule has 0 radical (unpaired) electrons. The zero-order chi connectivity index (χ0) is 30.8. The van der Waals surface area contributed by atoms with E-state index in [0.717, 1.165) is 5.56 Å². The number of benzene rings is 3. The third-order valence-electron chi connectivity index (χ3n) is 7.80. The van der Waals surface area contributed by atoms with Gasteiger partial charge in [-0.15, -0.1) is 13.2 Å². The van der Waals surface area contributed by atoms with E-state index in [0.29, 0.717) is 42.6 Å². The fourth-order valence-electron chi connectivity index (χ4n) is 6.14. The van der Waals surface area contributed by atoms with Crippen molar-refractivity contribution in [3.05, 3.63) is 95.3 Å². The molecule has 1 spiro atoms. The summed E-state index contributed by atoms with van der Waals surface area (Å²) in [4.78, 5) is 19.8. The largest absolute Gasteiger partial charge is 0.573 e. The predicted octanol–water partition coefficient (Wildman–Crippen LogP) is 7.93. The lowest BCUT2D eigenvalue weighted by molar-refractivity contribution is -0.274. The van der Waals surface area contributed by atoms with Crippen molar-refractivity contribution < 1.29 is 41.4 Å². The zero-order valence-electron chi connectivity index (χ0n) is 24.2. The standard InChI is InChI=1S/C33H35F4NO5/c1-31(2,3)42-30(39)25-10-7-17-32(29(25)22-11-13-23(34)14-12-22)19-27(38-43-32)26-18-24(41-33(35,36)37)15-16-28(26)40-20-21-8-5-4-6-9-21/h4-6,8-9,11-16,18,25,27,29,38H,7,10,17,19-20H2,1-3H3/t25?,27-,29-,32-/m1/s1. The Labute approximate surface area is 248 Å². The minimum absolute atomic E-state index is 0.199. The molecule has 1 aliphatic heterocycles. The Hall–Kier alpha value is -3.63. The number of hydrogen-bond donors (Lipinski definition) is 1. The van der Waals surface area contributed by atoms with Crippen molar-refractivity contribution in [3.8, 4) is 11.5 Å². The molecule has 0 amide bonds. The summed E-state index contributed by atoms with van der Waals surface area (Å²) in [5.74, 6) is -1.88. The lowest BCUT2D eigenvalue weighted by Crippen LogP contribution is -2.47. The molecule has 2 fully saturated rings. The Kier molecular flexibility index (Phi) is 8.72. The third kappa shape index (κ3) is 7.48. The van der Waals surface area contributed by atoms with Crippen LogP contribution >= 0.6 is 0 Å². The van der Waals surface area contributed by atoms with Gasteiger partial charge in [-0.2, -0.15) is 5.48 Å². The average Bonchev–Trinajstić information content (AvgIpc) is 3.35.